The molecule has 8 nitrogen and oxygen atoms in total. The van der Waals surface area contributed by atoms with E-state index in [2.05, 4.69) is 10.4 Å². The van der Waals surface area contributed by atoms with Crippen LogP contribution in [0.5, 0.6) is 5.75 Å². The van der Waals surface area contributed by atoms with Crippen molar-refractivity contribution in [1.29, 1.82) is 0 Å². The van der Waals surface area contributed by atoms with E-state index in [9.17, 15) is 9.59 Å². The highest BCUT2D eigenvalue weighted by Gasteiger charge is 2.16. The molecule has 0 atom stereocenters. The lowest BCUT2D eigenvalue weighted by atomic mass is 10.1. The maximum Gasteiger partial charge on any atom is 0.287 e. The van der Waals surface area contributed by atoms with Crippen molar-refractivity contribution in [2.75, 3.05) is 20.8 Å². The topological polar surface area (TPSA) is 95.6 Å². The van der Waals surface area contributed by atoms with Gasteiger partial charge < -0.3 is 19.2 Å². The second-order valence-electron chi connectivity index (χ2n) is 6.69. The molecule has 0 saturated carbocycles. The summed E-state index contributed by atoms with van der Waals surface area (Å²) in [6, 6.07) is 14.3. The van der Waals surface area contributed by atoms with E-state index in [1.807, 2.05) is 24.3 Å². The number of para-hydroxylation sites is 1. The van der Waals surface area contributed by atoms with Crippen LogP contribution in [0.4, 0.5) is 0 Å². The number of fused-ring (bicyclic) bond motifs is 2. The van der Waals surface area contributed by atoms with E-state index in [-0.39, 0.29) is 23.8 Å². The van der Waals surface area contributed by atoms with Crippen molar-refractivity contribution in [3.63, 3.8) is 0 Å². The maximum atomic E-state index is 12.7. The maximum absolute atomic E-state index is 12.7. The van der Waals surface area contributed by atoms with E-state index < -0.39 is 0 Å². The molecule has 4 rings (SSSR count). The number of rotatable bonds is 7. The smallest absolute Gasteiger partial charge is 0.287 e. The molecule has 0 radical (unpaired) electrons. The van der Waals surface area contributed by atoms with Gasteiger partial charge in [0.15, 0.2) is 17.1 Å². The quantitative estimate of drug-likeness (QED) is 0.506. The first-order valence-electron chi connectivity index (χ1n) is 9.45. The summed E-state index contributed by atoms with van der Waals surface area (Å²) in [4.78, 5) is 25.3. The number of carbonyl (C=O) groups excluding carboxylic acids is 1. The lowest BCUT2D eigenvalue weighted by molar-refractivity contribution is 0.0924. The number of carbonyl (C=O) groups is 1. The number of amides is 1. The standard InChI is InChI=1S/C22H21N3O5/c1-28-11-10-25-22(27)16-8-4-3-7-15(16)17(24-25)13-23-21(26)19-12-14-6-5-9-18(29-2)20(14)30-19/h3-9,12H,10-11,13H2,1-2H3,(H,23,26). The third-order valence-corrected chi connectivity index (χ3v) is 4.82. The number of furan rings is 1. The highest BCUT2D eigenvalue weighted by molar-refractivity contribution is 5.97. The van der Waals surface area contributed by atoms with Crippen molar-refractivity contribution in [2.45, 2.75) is 13.1 Å². The van der Waals surface area contributed by atoms with Gasteiger partial charge in [-0.15, -0.1) is 0 Å². The van der Waals surface area contributed by atoms with E-state index in [4.69, 9.17) is 13.9 Å². The summed E-state index contributed by atoms with van der Waals surface area (Å²) in [6.07, 6.45) is 0. The van der Waals surface area contributed by atoms with Crippen LogP contribution >= 0.6 is 0 Å². The Morgan fingerprint density at radius 2 is 1.93 bits per heavy atom. The number of hydrogen-bond acceptors (Lipinski definition) is 6. The fourth-order valence-electron chi connectivity index (χ4n) is 3.33. The predicted octanol–water partition coefficient (Wildman–Crippen LogP) is 2.73. The molecule has 4 aromatic rings. The molecule has 0 saturated heterocycles. The zero-order valence-electron chi connectivity index (χ0n) is 16.7. The molecule has 0 unspecified atom stereocenters. The Bertz CT molecular complexity index is 1270. The monoisotopic (exact) mass is 407 g/mol. The molecule has 8 heteroatoms. The first kappa shape index (κ1) is 19.7. The average Bonchev–Trinajstić information content (AvgIpc) is 3.22. The average molecular weight is 407 g/mol. The Morgan fingerprint density at radius 1 is 1.13 bits per heavy atom. The van der Waals surface area contributed by atoms with Crippen molar-refractivity contribution in [3.8, 4) is 5.75 Å². The van der Waals surface area contributed by atoms with Gasteiger partial charge in [-0.2, -0.15) is 5.10 Å². The molecule has 154 valence electrons. The van der Waals surface area contributed by atoms with Crippen LogP contribution < -0.4 is 15.6 Å². The van der Waals surface area contributed by atoms with Gasteiger partial charge in [-0.1, -0.05) is 30.3 Å². The van der Waals surface area contributed by atoms with Gasteiger partial charge in [-0.25, -0.2) is 4.68 Å². The second-order valence-corrected chi connectivity index (χ2v) is 6.69. The van der Waals surface area contributed by atoms with Gasteiger partial charge in [-0.05, 0) is 18.2 Å². The van der Waals surface area contributed by atoms with Crippen LogP contribution in [0.1, 0.15) is 16.2 Å². The third-order valence-electron chi connectivity index (χ3n) is 4.82. The summed E-state index contributed by atoms with van der Waals surface area (Å²) in [5.41, 5.74) is 0.910. The summed E-state index contributed by atoms with van der Waals surface area (Å²) < 4.78 is 17.4. The van der Waals surface area contributed by atoms with Crippen molar-refractivity contribution in [1.82, 2.24) is 15.1 Å². The molecule has 2 aromatic carbocycles. The lowest BCUT2D eigenvalue weighted by Crippen LogP contribution is -2.29. The summed E-state index contributed by atoms with van der Waals surface area (Å²) in [6.45, 7) is 0.823. The predicted molar refractivity (Wildman–Crippen MR) is 112 cm³/mol. The summed E-state index contributed by atoms with van der Waals surface area (Å²) in [5.74, 6) is 0.352. The number of benzene rings is 2. The van der Waals surface area contributed by atoms with Gasteiger partial charge in [0.25, 0.3) is 11.5 Å². The number of hydrogen-bond donors (Lipinski definition) is 1. The zero-order chi connectivity index (χ0) is 21.1. The van der Waals surface area contributed by atoms with Crippen LogP contribution in [0.15, 0.2) is 57.7 Å². The molecule has 0 fully saturated rings. The second kappa shape index (κ2) is 8.38. The third kappa shape index (κ3) is 3.65. The summed E-state index contributed by atoms with van der Waals surface area (Å²) in [7, 11) is 3.11. The molecule has 0 bridgehead atoms. The van der Waals surface area contributed by atoms with Crippen LogP contribution in [0.25, 0.3) is 21.7 Å². The minimum absolute atomic E-state index is 0.140. The number of ether oxygens (including phenoxy) is 2. The number of nitrogens with one attached hydrogen (secondary N) is 1. The van der Waals surface area contributed by atoms with Crippen LogP contribution in [0, 0.1) is 0 Å². The van der Waals surface area contributed by atoms with Gasteiger partial charge >= 0.3 is 0 Å². The largest absolute Gasteiger partial charge is 0.493 e. The van der Waals surface area contributed by atoms with Crippen molar-refractivity contribution in [3.05, 3.63) is 70.3 Å². The fourth-order valence-corrected chi connectivity index (χ4v) is 3.33. The molecule has 2 heterocycles. The highest BCUT2D eigenvalue weighted by Crippen LogP contribution is 2.28. The molecule has 0 aliphatic heterocycles. The molecule has 30 heavy (non-hydrogen) atoms. The molecule has 0 aliphatic rings. The molecule has 1 amide bonds. The van der Waals surface area contributed by atoms with E-state index in [1.165, 1.54) is 4.68 Å². The van der Waals surface area contributed by atoms with E-state index in [0.717, 1.165) is 5.39 Å². The van der Waals surface area contributed by atoms with Crippen LogP contribution in [-0.4, -0.2) is 36.5 Å². The molecular weight excluding hydrogens is 386 g/mol. The Hall–Kier alpha value is -3.65. The Kier molecular flexibility index (Phi) is 5.49. The first-order valence-corrected chi connectivity index (χ1v) is 9.45. The SMILES string of the molecule is COCCn1nc(CNC(=O)c2cc3cccc(OC)c3o2)c2ccccc2c1=O. The normalized spacial score (nSPS) is 11.1. The first-order chi connectivity index (χ1) is 14.6. The van der Waals surface area contributed by atoms with Crippen LogP contribution in [0.3, 0.4) is 0 Å². The van der Waals surface area contributed by atoms with Crippen molar-refractivity contribution >= 4 is 27.6 Å². The summed E-state index contributed by atoms with van der Waals surface area (Å²) >= 11 is 0. The van der Waals surface area contributed by atoms with Gasteiger partial charge in [0, 0.05) is 17.9 Å². The lowest BCUT2D eigenvalue weighted by Gasteiger charge is -2.11. The Morgan fingerprint density at radius 3 is 2.70 bits per heavy atom. The number of methoxy groups -OCH3 is 2. The molecular formula is C22H21N3O5. The molecule has 0 aliphatic carbocycles. The Labute approximate surface area is 172 Å². The van der Waals surface area contributed by atoms with Gasteiger partial charge in [0.2, 0.25) is 0 Å². The number of aromatic nitrogens is 2. The minimum Gasteiger partial charge on any atom is -0.493 e. The van der Waals surface area contributed by atoms with Crippen molar-refractivity contribution in [2.24, 2.45) is 0 Å². The van der Waals surface area contributed by atoms with Gasteiger partial charge in [0.05, 0.1) is 37.9 Å². The molecule has 0 spiro atoms. The highest BCUT2D eigenvalue weighted by atomic mass is 16.5. The molecule has 2 aromatic heterocycles. The Balaban J connectivity index is 1.62. The fraction of sp³-hybridized carbons (Fsp3) is 0.227. The van der Waals surface area contributed by atoms with E-state index in [0.29, 0.717) is 41.0 Å². The van der Waals surface area contributed by atoms with Crippen LogP contribution in [0.2, 0.25) is 0 Å². The van der Waals surface area contributed by atoms with E-state index >= 15 is 0 Å². The zero-order valence-corrected chi connectivity index (χ0v) is 16.7. The summed E-state index contributed by atoms with van der Waals surface area (Å²) in [5, 5.41) is 9.27. The minimum atomic E-state index is -0.381. The van der Waals surface area contributed by atoms with Gasteiger partial charge in [0.1, 0.15) is 0 Å². The van der Waals surface area contributed by atoms with Crippen LogP contribution in [-0.2, 0) is 17.8 Å². The van der Waals surface area contributed by atoms with Gasteiger partial charge in [-0.3, -0.25) is 9.59 Å². The number of nitrogens with zero attached hydrogens (tertiary/aromatic N) is 2. The molecule has 1 N–H and O–H groups in total. The van der Waals surface area contributed by atoms with Crippen molar-refractivity contribution < 1.29 is 18.7 Å². The van der Waals surface area contributed by atoms with E-state index in [1.54, 1.807) is 38.5 Å².